The zero-order valence-corrected chi connectivity index (χ0v) is 11.8. The molecule has 4 heteroatoms. The number of carboxylic acid groups (broad SMARTS) is 1. The summed E-state index contributed by atoms with van der Waals surface area (Å²) in [6, 6.07) is 9.69. The summed E-state index contributed by atoms with van der Waals surface area (Å²) in [6.07, 6.45) is 3.02. The van der Waals surface area contributed by atoms with Crippen LogP contribution in [-0.2, 0) is 4.79 Å². The van der Waals surface area contributed by atoms with Crippen LogP contribution >= 0.6 is 0 Å². The fourth-order valence-corrected chi connectivity index (χ4v) is 2.00. The van der Waals surface area contributed by atoms with E-state index in [-0.39, 0.29) is 0 Å². The van der Waals surface area contributed by atoms with Crippen LogP contribution in [0, 0.1) is 5.41 Å². The van der Waals surface area contributed by atoms with Gasteiger partial charge in [0.15, 0.2) is 0 Å². The first-order valence-corrected chi connectivity index (χ1v) is 6.71. The van der Waals surface area contributed by atoms with Crippen molar-refractivity contribution in [1.82, 2.24) is 4.98 Å². The van der Waals surface area contributed by atoms with Gasteiger partial charge in [-0.25, -0.2) is 0 Å². The van der Waals surface area contributed by atoms with Gasteiger partial charge in [-0.15, -0.1) is 0 Å². The first kappa shape index (κ1) is 14.3. The van der Waals surface area contributed by atoms with E-state index >= 15 is 0 Å². The van der Waals surface area contributed by atoms with Crippen LogP contribution in [0.1, 0.15) is 26.7 Å². The van der Waals surface area contributed by atoms with E-state index in [0.29, 0.717) is 19.4 Å². The molecule has 0 saturated carbocycles. The largest absolute Gasteiger partial charge is 0.491 e. The van der Waals surface area contributed by atoms with Crippen molar-refractivity contribution in [3.8, 4) is 5.75 Å². The molecule has 0 aliphatic carbocycles. The Balaban J connectivity index is 1.95. The van der Waals surface area contributed by atoms with Crippen LogP contribution in [0.2, 0.25) is 0 Å². The third kappa shape index (κ3) is 3.26. The van der Waals surface area contributed by atoms with Crippen LogP contribution in [0.15, 0.2) is 36.5 Å². The number of ether oxygens (including phenoxy) is 1. The highest BCUT2D eigenvalue weighted by Crippen LogP contribution is 2.25. The fourth-order valence-electron chi connectivity index (χ4n) is 2.00. The topological polar surface area (TPSA) is 59.4 Å². The lowest BCUT2D eigenvalue weighted by Crippen LogP contribution is -2.24. The number of fused-ring (bicyclic) bond motifs is 1. The molecular weight excluding hydrogens is 254 g/mol. The molecule has 106 valence electrons. The number of rotatable bonds is 6. The van der Waals surface area contributed by atoms with Gasteiger partial charge < -0.3 is 9.84 Å². The fraction of sp³-hybridized carbons (Fsp3) is 0.375. The van der Waals surface area contributed by atoms with Crippen molar-refractivity contribution in [3.63, 3.8) is 0 Å². The summed E-state index contributed by atoms with van der Waals surface area (Å²) in [5, 5.41) is 10.1. The van der Waals surface area contributed by atoms with Crippen molar-refractivity contribution >= 4 is 16.9 Å². The lowest BCUT2D eigenvalue weighted by atomic mass is 9.88. The molecule has 0 aliphatic heterocycles. The molecule has 0 saturated heterocycles. The van der Waals surface area contributed by atoms with Crippen molar-refractivity contribution in [3.05, 3.63) is 36.5 Å². The zero-order valence-electron chi connectivity index (χ0n) is 11.8. The summed E-state index contributed by atoms with van der Waals surface area (Å²) >= 11 is 0. The van der Waals surface area contributed by atoms with Crippen molar-refractivity contribution in [2.24, 2.45) is 5.41 Å². The van der Waals surface area contributed by atoms with E-state index in [1.165, 1.54) is 0 Å². The summed E-state index contributed by atoms with van der Waals surface area (Å²) in [4.78, 5) is 15.3. The molecular formula is C16H19NO3. The van der Waals surface area contributed by atoms with Crippen molar-refractivity contribution < 1.29 is 14.6 Å². The number of benzene rings is 1. The Morgan fingerprint density at radius 2 is 2.05 bits per heavy atom. The van der Waals surface area contributed by atoms with E-state index in [9.17, 15) is 4.79 Å². The zero-order chi connectivity index (χ0) is 14.6. The van der Waals surface area contributed by atoms with Crippen molar-refractivity contribution in [2.75, 3.05) is 6.61 Å². The van der Waals surface area contributed by atoms with Gasteiger partial charge in [-0.05, 0) is 38.8 Å². The van der Waals surface area contributed by atoms with Crippen molar-refractivity contribution in [2.45, 2.75) is 26.7 Å². The Morgan fingerprint density at radius 3 is 2.80 bits per heavy atom. The second-order valence-electron chi connectivity index (χ2n) is 5.47. The third-order valence-corrected chi connectivity index (χ3v) is 3.38. The first-order chi connectivity index (χ1) is 9.50. The molecule has 0 aliphatic rings. The maximum absolute atomic E-state index is 11.0. The van der Waals surface area contributed by atoms with Gasteiger partial charge in [0.2, 0.25) is 0 Å². The van der Waals surface area contributed by atoms with Crippen LogP contribution in [-0.4, -0.2) is 22.7 Å². The predicted octanol–water partition coefficient (Wildman–Crippen LogP) is 3.50. The molecule has 1 N–H and O–H groups in total. The minimum atomic E-state index is -0.774. The van der Waals surface area contributed by atoms with Gasteiger partial charge in [0.05, 0.1) is 12.0 Å². The second-order valence-corrected chi connectivity index (χ2v) is 5.47. The molecule has 1 aromatic carbocycles. The minimum absolute atomic E-state index is 0.492. The molecule has 0 bridgehead atoms. The number of hydrogen-bond donors (Lipinski definition) is 1. The Hall–Kier alpha value is -2.10. The smallest absolute Gasteiger partial charge is 0.309 e. The summed E-state index contributed by atoms with van der Waals surface area (Å²) in [5.74, 6) is -0.0273. The minimum Gasteiger partial charge on any atom is -0.491 e. The van der Waals surface area contributed by atoms with Gasteiger partial charge in [-0.2, -0.15) is 0 Å². The van der Waals surface area contributed by atoms with E-state index in [4.69, 9.17) is 9.84 Å². The molecule has 0 atom stereocenters. The number of aromatic nitrogens is 1. The molecule has 0 unspecified atom stereocenters. The number of hydrogen-bond acceptors (Lipinski definition) is 3. The van der Waals surface area contributed by atoms with Gasteiger partial charge in [0.25, 0.3) is 0 Å². The number of aliphatic carboxylic acids is 1. The van der Waals surface area contributed by atoms with Gasteiger partial charge in [-0.3, -0.25) is 9.78 Å². The number of carboxylic acids is 1. The third-order valence-electron chi connectivity index (χ3n) is 3.38. The van der Waals surface area contributed by atoms with E-state index in [1.54, 1.807) is 20.0 Å². The van der Waals surface area contributed by atoms with E-state index in [1.807, 2.05) is 30.3 Å². The maximum atomic E-state index is 11.0. The molecule has 1 aromatic heterocycles. The molecule has 0 amide bonds. The molecule has 0 spiro atoms. The van der Waals surface area contributed by atoms with Crippen molar-refractivity contribution in [1.29, 1.82) is 0 Å². The lowest BCUT2D eigenvalue weighted by Gasteiger charge is -2.18. The normalized spacial score (nSPS) is 11.5. The Morgan fingerprint density at radius 1 is 1.30 bits per heavy atom. The highest BCUT2D eigenvalue weighted by atomic mass is 16.5. The average Bonchev–Trinajstić information content (AvgIpc) is 2.43. The molecule has 1 heterocycles. The predicted molar refractivity (Wildman–Crippen MR) is 77.9 cm³/mol. The highest BCUT2D eigenvalue weighted by Gasteiger charge is 2.26. The van der Waals surface area contributed by atoms with Gasteiger partial charge >= 0.3 is 5.97 Å². The quantitative estimate of drug-likeness (QED) is 0.818. The summed E-state index contributed by atoms with van der Waals surface area (Å²) in [5.41, 5.74) is 0.132. The van der Waals surface area contributed by atoms with Crippen LogP contribution in [0.4, 0.5) is 0 Å². The molecule has 2 rings (SSSR count). The van der Waals surface area contributed by atoms with E-state index in [0.717, 1.165) is 16.7 Å². The SMILES string of the molecule is CC(C)(CCCOc1cccc2cccnc12)C(=O)O. The second kappa shape index (κ2) is 5.90. The summed E-state index contributed by atoms with van der Waals surface area (Å²) < 4.78 is 5.74. The van der Waals surface area contributed by atoms with Crippen LogP contribution < -0.4 is 4.74 Å². The van der Waals surface area contributed by atoms with Gasteiger partial charge in [0.1, 0.15) is 11.3 Å². The first-order valence-electron chi connectivity index (χ1n) is 6.71. The summed E-state index contributed by atoms with van der Waals surface area (Å²) in [6.45, 7) is 3.95. The Labute approximate surface area is 118 Å². The Kier molecular flexibility index (Phi) is 4.23. The van der Waals surface area contributed by atoms with Crippen LogP contribution in [0.3, 0.4) is 0 Å². The monoisotopic (exact) mass is 273 g/mol. The number of para-hydroxylation sites is 1. The maximum Gasteiger partial charge on any atom is 0.309 e. The molecule has 2 aromatic rings. The standard InChI is InChI=1S/C16H19NO3/c1-16(2,15(18)19)9-5-11-20-13-8-3-6-12-7-4-10-17-14(12)13/h3-4,6-8,10H,5,9,11H2,1-2H3,(H,18,19). The lowest BCUT2D eigenvalue weighted by molar-refractivity contribution is -0.147. The number of carbonyl (C=O) groups is 1. The van der Waals surface area contributed by atoms with Crippen LogP contribution in [0.5, 0.6) is 5.75 Å². The molecule has 0 fully saturated rings. The van der Waals surface area contributed by atoms with Gasteiger partial charge in [-0.1, -0.05) is 18.2 Å². The molecule has 4 nitrogen and oxygen atoms in total. The van der Waals surface area contributed by atoms with E-state index < -0.39 is 11.4 Å². The van der Waals surface area contributed by atoms with Gasteiger partial charge in [0, 0.05) is 11.6 Å². The highest BCUT2D eigenvalue weighted by molar-refractivity contribution is 5.84. The molecule has 0 radical (unpaired) electrons. The number of nitrogens with zero attached hydrogens (tertiary/aromatic N) is 1. The van der Waals surface area contributed by atoms with Crippen LogP contribution in [0.25, 0.3) is 10.9 Å². The number of pyridine rings is 1. The average molecular weight is 273 g/mol. The molecule has 20 heavy (non-hydrogen) atoms. The summed E-state index contributed by atoms with van der Waals surface area (Å²) in [7, 11) is 0. The van der Waals surface area contributed by atoms with E-state index in [2.05, 4.69) is 4.98 Å². The Bertz CT molecular complexity index is 602.